The molecular formula is C12H21NO3. The first-order valence-electron chi connectivity index (χ1n) is 5.96. The summed E-state index contributed by atoms with van der Waals surface area (Å²) >= 11 is 0. The Balaban J connectivity index is 2.21. The maximum Gasteiger partial charge on any atom is 0.314 e. The molecule has 4 heteroatoms. The molecule has 2 heterocycles. The topological polar surface area (TPSA) is 58.6 Å². The Kier molecular flexibility index (Phi) is 2.75. The van der Waals surface area contributed by atoms with Gasteiger partial charge in [-0.3, -0.25) is 4.79 Å². The summed E-state index contributed by atoms with van der Waals surface area (Å²) in [6.45, 7) is 3.56. The number of aliphatic hydroxyl groups is 1. The highest BCUT2D eigenvalue weighted by atomic mass is 16.5. The number of hydrogen-bond acceptors (Lipinski definition) is 4. The summed E-state index contributed by atoms with van der Waals surface area (Å²) in [6.07, 6.45) is 3.49. The number of nitrogens with one attached hydrogen (secondary N) is 1. The smallest absolute Gasteiger partial charge is 0.314 e. The van der Waals surface area contributed by atoms with E-state index in [2.05, 4.69) is 5.32 Å². The van der Waals surface area contributed by atoms with E-state index in [0.717, 1.165) is 12.8 Å². The number of methoxy groups -OCH3 is 1. The molecule has 0 saturated carbocycles. The highest BCUT2D eigenvalue weighted by Gasteiger charge is 2.55. The summed E-state index contributed by atoms with van der Waals surface area (Å²) in [6, 6.07) is 0.709. The summed E-state index contributed by atoms with van der Waals surface area (Å²) in [5, 5.41) is 14.2. The summed E-state index contributed by atoms with van der Waals surface area (Å²) in [5.41, 5.74) is -1.76. The second-order valence-electron chi connectivity index (χ2n) is 5.69. The van der Waals surface area contributed by atoms with Crippen LogP contribution in [-0.4, -0.2) is 35.9 Å². The molecule has 0 aliphatic carbocycles. The molecule has 2 N–H and O–H groups in total. The fourth-order valence-electron chi connectivity index (χ4n) is 3.08. The molecule has 2 unspecified atom stereocenters. The second kappa shape index (κ2) is 3.70. The van der Waals surface area contributed by atoms with Gasteiger partial charge >= 0.3 is 5.97 Å². The van der Waals surface area contributed by atoms with Crippen molar-refractivity contribution in [3.8, 4) is 0 Å². The fraction of sp³-hybridized carbons (Fsp3) is 0.917. The molecule has 0 amide bonds. The highest BCUT2D eigenvalue weighted by molar-refractivity contribution is 5.77. The number of piperidine rings is 1. The van der Waals surface area contributed by atoms with Crippen molar-refractivity contribution in [2.75, 3.05) is 7.11 Å². The normalized spacial score (nSPS) is 38.5. The van der Waals surface area contributed by atoms with E-state index in [1.807, 2.05) is 0 Å². The molecule has 2 atom stereocenters. The van der Waals surface area contributed by atoms with Gasteiger partial charge in [0, 0.05) is 12.1 Å². The van der Waals surface area contributed by atoms with E-state index in [9.17, 15) is 9.90 Å². The Bertz CT molecular complexity index is 289. The van der Waals surface area contributed by atoms with Gasteiger partial charge in [0.2, 0.25) is 0 Å². The van der Waals surface area contributed by atoms with Crippen molar-refractivity contribution in [2.24, 2.45) is 5.41 Å². The Morgan fingerprint density at radius 1 is 1.38 bits per heavy atom. The van der Waals surface area contributed by atoms with E-state index in [-0.39, 0.29) is 5.97 Å². The lowest BCUT2D eigenvalue weighted by Crippen LogP contribution is -2.58. The van der Waals surface area contributed by atoms with Crippen molar-refractivity contribution in [3.05, 3.63) is 0 Å². The number of esters is 1. The molecule has 2 aliphatic heterocycles. The first-order valence-corrected chi connectivity index (χ1v) is 5.96. The van der Waals surface area contributed by atoms with Gasteiger partial charge in [-0.2, -0.15) is 0 Å². The zero-order valence-corrected chi connectivity index (χ0v) is 10.2. The molecule has 0 radical (unpaired) electrons. The fourth-order valence-corrected chi connectivity index (χ4v) is 3.08. The largest absolute Gasteiger partial charge is 0.469 e. The maximum atomic E-state index is 11.8. The summed E-state index contributed by atoms with van der Waals surface area (Å²) < 4.78 is 4.80. The molecular weight excluding hydrogens is 206 g/mol. The standard InChI is InChI=1S/C12H21NO3/c1-11(2,10(14)16-3)12(15)6-8-4-5-9(7-12)13-8/h8-9,13,15H,4-7H2,1-3H3. The lowest BCUT2D eigenvalue weighted by molar-refractivity contribution is -0.173. The molecule has 0 spiro atoms. The number of rotatable bonds is 2. The van der Waals surface area contributed by atoms with Gasteiger partial charge in [0.05, 0.1) is 18.1 Å². The van der Waals surface area contributed by atoms with Gasteiger partial charge < -0.3 is 15.2 Å². The summed E-state index contributed by atoms with van der Waals surface area (Å²) in [5.74, 6) is -0.323. The Hall–Kier alpha value is -0.610. The lowest BCUT2D eigenvalue weighted by Gasteiger charge is -2.45. The van der Waals surface area contributed by atoms with Gasteiger partial charge in [-0.05, 0) is 39.5 Å². The van der Waals surface area contributed by atoms with E-state index in [0.29, 0.717) is 24.9 Å². The van der Waals surface area contributed by atoms with E-state index in [1.54, 1.807) is 13.8 Å². The molecule has 2 aliphatic rings. The molecule has 2 bridgehead atoms. The molecule has 2 rings (SSSR count). The predicted octanol–water partition coefficient (Wildman–Crippen LogP) is 0.831. The van der Waals surface area contributed by atoms with Crippen LogP contribution in [0.5, 0.6) is 0 Å². The van der Waals surface area contributed by atoms with Crippen molar-refractivity contribution in [3.63, 3.8) is 0 Å². The monoisotopic (exact) mass is 227 g/mol. The third-order valence-electron chi connectivity index (χ3n) is 4.36. The molecule has 0 aromatic heterocycles. The van der Waals surface area contributed by atoms with Crippen LogP contribution in [0.25, 0.3) is 0 Å². The van der Waals surface area contributed by atoms with Crippen molar-refractivity contribution in [2.45, 2.75) is 57.2 Å². The number of carbonyl (C=O) groups excluding carboxylic acids is 1. The first-order chi connectivity index (χ1) is 7.39. The quantitative estimate of drug-likeness (QED) is 0.686. The molecule has 0 aromatic carbocycles. The SMILES string of the molecule is COC(=O)C(C)(C)C1(O)CC2CCC(C1)N2. The van der Waals surface area contributed by atoms with Crippen molar-refractivity contribution in [1.29, 1.82) is 0 Å². The molecule has 0 aromatic rings. The number of hydrogen-bond donors (Lipinski definition) is 2. The Morgan fingerprint density at radius 3 is 2.31 bits per heavy atom. The van der Waals surface area contributed by atoms with Crippen LogP contribution in [-0.2, 0) is 9.53 Å². The second-order valence-corrected chi connectivity index (χ2v) is 5.69. The van der Waals surface area contributed by atoms with Crippen molar-refractivity contribution < 1.29 is 14.6 Å². The Morgan fingerprint density at radius 2 is 1.88 bits per heavy atom. The molecule has 92 valence electrons. The minimum Gasteiger partial charge on any atom is -0.469 e. The molecule has 2 fully saturated rings. The van der Waals surface area contributed by atoms with Crippen LogP contribution in [0, 0.1) is 5.41 Å². The van der Waals surface area contributed by atoms with Crippen LogP contribution < -0.4 is 5.32 Å². The van der Waals surface area contributed by atoms with Crippen LogP contribution in [0.3, 0.4) is 0 Å². The predicted molar refractivity (Wildman–Crippen MR) is 59.9 cm³/mol. The van der Waals surface area contributed by atoms with E-state index in [1.165, 1.54) is 7.11 Å². The van der Waals surface area contributed by atoms with E-state index < -0.39 is 11.0 Å². The zero-order chi connectivity index (χ0) is 12.0. The highest BCUT2D eigenvalue weighted by Crippen LogP contribution is 2.45. The molecule has 4 nitrogen and oxygen atoms in total. The van der Waals surface area contributed by atoms with E-state index >= 15 is 0 Å². The average Bonchev–Trinajstić information content (AvgIpc) is 2.57. The van der Waals surface area contributed by atoms with Crippen LogP contribution in [0.2, 0.25) is 0 Å². The van der Waals surface area contributed by atoms with Gasteiger partial charge in [0.15, 0.2) is 0 Å². The van der Waals surface area contributed by atoms with Gasteiger partial charge in [0.25, 0.3) is 0 Å². The van der Waals surface area contributed by atoms with E-state index in [4.69, 9.17) is 4.74 Å². The third kappa shape index (κ3) is 1.64. The maximum absolute atomic E-state index is 11.8. The Labute approximate surface area is 96.4 Å². The van der Waals surface area contributed by atoms with Crippen LogP contribution in [0.1, 0.15) is 39.5 Å². The third-order valence-corrected chi connectivity index (χ3v) is 4.36. The minimum atomic E-state index is -0.933. The zero-order valence-electron chi connectivity index (χ0n) is 10.2. The van der Waals surface area contributed by atoms with Crippen LogP contribution in [0.4, 0.5) is 0 Å². The van der Waals surface area contributed by atoms with Crippen molar-refractivity contribution in [1.82, 2.24) is 5.32 Å². The molecule has 16 heavy (non-hydrogen) atoms. The average molecular weight is 227 g/mol. The number of carbonyl (C=O) groups is 1. The summed E-state index contributed by atoms with van der Waals surface area (Å²) in [7, 11) is 1.38. The minimum absolute atomic E-state index is 0.323. The summed E-state index contributed by atoms with van der Waals surface area (Å²) in [4.78, 5) is 11.8. The number of ether oxygens (including phenoxy) is 1. The lowest BCUT2D eigenvalue weighted by atomic mass is 9.68. The van der Waals surface area contributed by atoms with Crippen LogP contribution in [0.15, 0.2) is 0 Å². The van der Waals surface area contributed by atoms with Gasteiger partial charge in [-0.25, -0.2) is 0 Å². The number of fused-ring (bicyclic) bond motifs is 2. The molecule has 2 saturated heterocycles. The first kappa shape index (κ1) is 11.9. The van der Waals surface area contributed by atoms with Crippen molar-refractivity contribution >= 4 is 5.97 Å². The van der Waals surface area contributed by atoms with Gasteiger partial charge in [-0.1, -0.05) is 0 Å². The van der Waals surface area contributed by atoms with Gasteiger partial charge in [-0.15, -0.1) is 0 Å². The van der Waals surface area contributed by atoms with Crippen LogP contribution >= 0.6 is 0 Å². The van der Waals surface area contributed by atoms with Gasteiger partial charge in [0.1, 0.15) is 0 Å².